The molecule has 5 rings (SSSR count). The van der Waals surface area contributed by atoms with E-state index < -0.39 is 0 Å². The third kappa shape index (κ3) is 4.04. The van der Waals surface area contributed by atoms with E-state index in [1.54, 1.807) is 12.3 Å². The molecule has 0 spiro atoms. The van der Waals surface area contributed by atoms with E-state index in [2.05, 4.69) is 34.2 Å². The fourth-order valence-electron chi connectivity index (χ4n) is 4.02. The second-order valence-electron chi connectivity index (χ2n) is 7.93. The predicted octanol–water partition coefficient (Wildman–Crippen LogP) is 5.20. The van der Waals surface area contributed by atoms with E-state index in [-0.39, 0.29) is 6.04 Å². The number of nitrogens with zero attached hydrogens (tertiary/aromatic N) is 2. The van der Waals surface area contributed by atoms with Crippen LogP contribution in [-0.4, -0.2) is 22.6 Å². The summed E-state index contributed by atoms with van der Waals surface area (Å²) in [4.78, 5) is 7.45. The molecule has 3 aromatic carbocycles. The number of nitrogens with two attached hydrogens (primary N) is 1. The molecule has 0 fully saturated rings. The van der Waals surface area contributed by atoms with Gasteiger partial charge in [0.25, 0.3) is 0 Å². The standard InChI is InChI=1S/C27H22N4O/c28-14-18-9-22(19-5-6-21-15-30-8-7-20(21)11-19)13-25(10-18)32-17-24(29)12-23-16-31-27-4-2-1-3-26(23)27/h1-11,13,15-16,24,31H,12,17,29H2/t24-/m0/s1. The van der Waals surface area contributed by atoms with Crippen LogP contribution >= 0.6 is 0 Å². The second kappa shape index (κ2) is 8.54. The Labute approximate surface area is 186 Å². The fourth-order valence-corrected chi connectivity index (χ4v) is 4.02. The van der Waals surface area contributed by atoms with Crippen molar-refractivity contribution in [2.24, 2.45) is 5.73 Å². The lowest BCUT2D eigenvalue weighted by molar-refractivity contribution is 0.288. The van der Waals surface area contributed by atoms with Gasteiger partial charge >= 0.3 is 0 Å². The van der Waals surface area contributed by atoms with Gasteiger partial charge in [-0.15, -0.1) is 0 Å². The monoisotopic (exact) mass is 418 g/mol. The molecule has 0 amide bonds. The van der Waals surface area contributed by atoms with Crippen molar-refractivity contribution in [2.45, 2.75) is 12.5 Å². The number of hydrogen-bond donors (Lipinski definition) is 2. The van der Waals surface area contributed by atoms with Crippen LogP contribution in [0.1, 0.15) is 11.1 Å². The first-order valence-electron chi connectivity index (χ1n) is 10.5. The van der Waals surface area contributed by atoms with Gasteiger partial charge < -0.3 is 15.5 Å². The molecule has 5 nitrogen and oxygen atoms in total. The van der Waals surface area contributed by atoms with Gasteiger partial charge in [-0.25, -0.2) is 0 Å². The van der Waals surface area contributed by atoms with Crippen LogP contribution in [0.4, 0.5) is 0 Å². The van der Waals surface area contributed by atoms with E-state index in [0.29, 0.717) is 24.3 Å². The highest BCUT2D eigenvalue weighted by Gasteiger charge is 2.11. The summed E-state index contributed by atoms with van der Waals surface area (Å²) in [6.07, 6.45) is 6.33. The molecule has 0 radical (unpaired) electrons. The molecule has 0 aliphatic rings. The summed E-state index contributed by atoms with van der Waals surface area (Å²) in [5.74, 6) is 0.642. The van der Waals surface area contributed by atoms with Crippen molar-refractivity contribution in [3.05, 3.63) is 96.4 Å². The van der Waals surface area contributed by atoms with E-state index in [0.717, 1.165) is 27.4 Å². The maximum absolute atomic E-state index is 9.51. The number of pyridine rings is 1. The van der Waals surface area contributed by atoms with Gasteiger partial charge in [0.1, 0.15) is 12.4 Å². The number of aromatic amines is 1. The first kappa shape index (κ1) is 19.8. The van der Waals surface area contributed by atoms with Crippen LogP contribution < -0.4 is 10.5 Å². The largest absolute Gasteiger partial charge is 0.492 e. The molecule has 5 heteroatoms. The third-order valence-electron chi connectivity index (χ3n) is 5.63. The number of para-hydroxylation sites is 1. The molecule has 5 aromatic rings. The lowest BCUT2D eigenvalue weighted by Gasteiger charge is -2.14. The van der Waals surface area contributed by atoms with Gasteiger partial charge in [0, 0.05) is 40.9 Å². The van der Waals surface area contributed by atoms with E-state index in [4.69, 9.17) is 10.5 Å². The van der Waals surface area contributed by atoms with E-state index in [9.17, 15) is 5.26 Å². The smallest absolute Gasteiger partial charge is 0.121 e. The maximum Gasteiger partial charge on any atom is 0.121 e. The summed E-state index contributed by atoms with van der Waals surface area (Å²) < 4.78 is 6.02. The average molecular weight is 419 g/mol. The van der Waals surface area contributed by atoms with Crippen LogP contribution in [0.5, 0.6) is 5.75 Å². The van der Waals surface area contributed by atoms with Gasteiger partial charge in [0.05, 0.1) is 11.6 Å². The molecule has 1 atom stereocenters. The van der Waals surface area contributed by atoms with Gasteiger partial charge in [-0.05, 0) is 64.9 Å². The predicted molar refractivity (Wildman–Crippen MR) is 127 cm³/mol. The van der Waals surface area contributed by atoms with Crippen LogP contribution in [0.25, 0.3) is 32.8 Å². The highest BCUT2D eigenvalue weighted by molar-refractivity contribution is 5.87. The molecule has 2 heterocycles. The molecule has 0 saturated heterocycles. The van der Waals surface area contributed by atoms with E-state index in [1.807, 2.05) is 54.9 Å². The molecule has 2 aromatic heterocycles. The number of aromatic nitrogens is 2. The van der Waals surface area contributed by atoms with Crippen LogP contribution in [0.3, 0.4) is 0 Å². The number of ether oxygens (including phenoxy) is 1. The van der Waals surface area contributed by atoms with Crippen LogP contribution in [0, 0.1) is 11.3 Å². The minimum absolute atomic E-state index is 0.170. The quantitative estimate of drug-likeness (QED) is 0.397. The summed E-state index contributed by atoms with van der Waals surface area (Å²) in [6.45, 7) is 0.358. The highest BCUT2D eigenvalue weighted by atomic mass is 16.5. The Morgan fingerprint density at radius 1 is 1.00 bits per heavy atom. The summed E-state index contributed by atoms with van der Waals surface area (Å²) in [5.41, 5.74) is 11.2. The number of nitrogens with one attached hydrogen (secondary N) is 1. The van der Waals surface area contributed by atoms with Gasteiger partial charge in [-0.3, -0.25) is 4.98 Å². The minimum atomic E-state index is -0.170. The normalized spacial score (nSPS) is 12.0. The topological polar surface area (TPSA) is 87.7 Å². The van der Waals surface area contributed by atoms with Crippen molar-refractivity contribution in [2.75, 3.05) is 6.61 Å². The van der Waals surface area contributed by atoms with Crippen molar-refractivity contribution in [3.63, 3.8) is 0 Å². The average Bonchev–Trinajstić information content (AvgIpc) is 3.25. The summed E-state index contributed by atoms with van der Waals surface area (Å²) >= 11 is 0. The van der Waals surface area contributed by atoms with Crippen molar-refractivity contribution in [3.8, 4) is 22.9 Å². The number of H-pyrrole nitrogens is 1. The van der Waals surface area contributed by atoms with Crippen LogP contribution in [-0.2, 0) is 6.42 Å². The zero-order valence-corrected chi connectivity index (χ0v) is 17.5. The van der Waals surface area contributed by atoms with Gasteiger partial charge in [-0.2, -0.15) is 5.26 Å². The number of nitriles is 1. The lowest BCUT2D eigenvalue weighted by atomic mass is 10.0. The molecule has 156 valence electrons. The maximum atomic E-state index is 9.51. The molecule has 0 unspecified atom stereocenters. The summed E-state index contributed by atoms with van der Waals surface area (Å²) in [7, 11) is 0. The van der Waals surface area contributed by atoms with Crippen LogP contribution in [0.2, 0.25) is 0 Å². The molecule has 0 saturated carbocycles. The highest BCUT2D eigenvalue weighted by Crippen LogP contribution is 2.29. The zero-order chi connectivity index (χ0) is 21.9. The van der Waals surface area contributed by atoms with Crippen molar-refractivity contribution >= 4 is 21.7 Å². The van der Waals surface area contributed by atoms with Crippen molar-refractivity contribution in [1.29, 1.82) is 5.26 Å². The van der Waals surface area contributed by atoms with Gasteiger partial charge in [0.2, 0.25) is 0 Å². The number of benzene rings is 3. The minimum Gasteiger partial charge on any atom is -0.492 e. The summed E-state index contributed by atoms with van der Waals surface area (Å²) in [6, 6.07) is 24.0. The molecular formula is C27H22N4O. The van der Waals surface area contributed by atoms with Crippen LogP contribution in [0.15, 0.2) is 85.3 Å². The van der Waals surface area contributed by atoms with Crippen molar-refractivity contribution < 1.29 is 4.74 Å². The first-order valence-corrected chi connectivity index (χ1v) is 10.5. The first-order chi connectivity index (χ1) is 15.7. The Hall–Kier alpha value is -4.14. The Bertz CT molecular complexity index is 1450. The molecule has 3 N–H and O–H groups in total. The molecule has 0 bridgehead atoms. The van der Waals surface area contributed by atoms with E-state index >= 15 is 0 Å². The molecule has 0 aliphatic carbocycles. The van der Waals surface area contributed by atoms with E-state index in [1.165, 1.54) is 10.9 Å². The Morgan fingerprint density at radius 2 is 1.91 bits per heavy atom. The number of rotatable bonds is 6. The second-order valence-corrected chi connectivity index (χ2v) is 7.93. The summed E-state index contributed by atoms with van der Waals surface area (Å²) in [5, 5.41) is 12.9. The molecule has 32 heavy (non-hydrogen) atoms. The Balaban J connectivity index is 1.35. The lowest BCUT2D eigenvalue weighted by Crippen LogP contribution is -2.30. The number of hydrogen-bond acceptors (Lipinski definition) is 4. The van der Waals surface area contributed by atoms with Crippen molar-refractivity contribution in [1.82, 2.24) is 9.97 Å². The Morgan fingerprint density at radius 3 is 2.81 bits per heavy atom. The van der Waals surface area contributed by atoms with Gasteiger partial charge in [0.15, 0.2) is 0 Å². The molecule has 0 aliphatic heterocycles. The third-order valence-corrected chi connectivity index (χ3v) is 5.63. The SMILES string of the molecule is N#Cc1cc(OC[C@@H](N)Cc2c[nH]c3ccccc23)cc(-c2ccc3cnccc3c2)c1. The molecular weight excluding hydrogens is 396 g/mol. The number of fused-ring (bicyclic) bond motifs is 2. The van der Waals surface area contributed by atoms with Gasteiger partial charge in [-0.1, -0.05) is 30.3 Å². The zero-order valence-electron chi connectivity index (χ0n) is 17.5. The fraction of sp³-hybridized carbons (Fsp3) is 0.111. The Kier molecular flexibility index (Phi) is 5.29.